The lowest BCUT2D eigenvalue weighted by molar-refractivity contribution is -0.142. The van der Waals surface area contributed by atoms with Gasteiger partial charge in [-0.05, 0) is 63.1 Å². The first-order chi connectivity index (χ1) is 38.5. The number of benzene rings is 1. The highest BCUT2D eigenvalue weighted by Gasteiger charge is 2.34. The Morgan fingerprint density at radius 3 is 1.41 bits per heavy atom. The number of carbonyl (C=O) groups is 13. The molecular formula is C46H74N18O18. The molecule has 82 heavy (non-hydrogen) atoms. The number of phenols is 1. The Hall–Kier alpha value is -9.45. The quantitative estimate of drug-likeness (QED) is 0.0165. The van der Waals surface area contributed by atoms with Gasteiger partial charge in [-0.15, -0.1) is 0 Å². The van der Waals surface area contributed by atoms with Crippen LogP contribution in [-0.4, -0.2) is 202 Å². The molecule has 1 aromatic carbocycles. The Bertz CT molecular complexity index is 2470. The number of guanidine groups is 2. The highest BCUT2D eigenvalue weighted by atomic mass is 16.4. The van der Waals surface area contributed by atoms with Crippen molar-refractivity contribution >= 4 is 88.8 Å². The molecule has 0 unspecified atom stereocenters. The molecule has 0 heterocycles. The van der Waals surface area contributed by atoms with Gasteiger partial charge >= 0.3 is 11.9 Å². The summed E-state index contributed by atoms with van der Waals surface area (Å²) in [7, 11) is 0. The van der Waals surface area contributed by atoms with Gasteiger partial charge in [-0.3, -0.25) is 67.5 Å². The summed E-state index contributed by atoms with van der Waals surface area (Å²) < 4.78 is 0. The molecular weight excluding hydrogens is 1090 g/mol. The number of nitrogens with zero attached hydrogens (tertiary/aromatic N) is 2. The van der Waals surface area contributed by atoms with Gasteiger partial charge in [-0.1, -0.05) is 12.1 Å². The largest absolute Gasteiger partial charge is 0.508 e. The van der Waals surface area contributed by atoms with Crippen LogP contribution in [0.1, 0.15) is 70.3 Å². The maximum atomic E-state index is 13.7. The summed E-state index contributed by atoms with van der Waals surface area (Å²) >= 11 is 0. The third kappa shape index (κ3) is 28.4. The minimum atomic E-state index is -2.00. The van der Waals surface area contributed by atoms with Gasteiger partial charge in [0.05, 0.1) is 32.2 Å². The molecule has 0 radical (unpaired) electrons. The van der Waals surface area contributed by atoms with Crippen molar-refractivity contribution in [3.63, 3.8) is 0 Å². The molecule has 36 heteroatoms. The van der Waals surface area contributed by atoms with E-state index in [-0.39, 0.29) is 62.9 Å². The van der Waals surface area contributed by atoms with Crippen molar-refractivity contribution in [2.75, 3.05) is 32.8 Å². The molecule has 0 saturated heterocycles. The smallest absolute Gasteiger partial charge is 0.326 e. The Morgan fingerprint density at radius 1 is 0.500 bits per heavy atom. The van der Waals surface area contributed by atoms with E-state index in [1.165, 1.54) is 31.2 Å². The zero-order chi connectivity index (χ0) is 62.2. The number of carboxylic acid groups (broad SMARTS) is 2. The van der Waals surface area contributed by atoms with Crippen LogP contribution in [0.2, 0.25) is 0 Å². The summed E-state index contributed by atoms with van der Waals surface area (Å²) in [5, 5.41) is 68.4. The predicted molar refractivity (Wildman–Crippen MR) is 285 cm³/mol. The van der Waals surface area contributed by atoms with Gasteiger partial charge in [-0.25, -0.2) is 4.79 Å². The fraction of sp³-hybridized carbons (Fsp3) is 0.543. The van der Waals surface area contributed by atoms with Gasteiger partial charge in [0, 0.05) is 32.4 Å². The molecule has 9 atom stereocenters. The SMILES string of the molecule is C[C@H](NC(=O)[C@H](CCC(N)=O)NC(=O)[C@H](CCC(N)=O)NC(=O)CNC(=O)[C@H](CO)NC(=O)[C@H](CC(=O)O)NC(=O)[C@H](CO)NC(=O)[C@@H](N)CCCN=C(N)N)C(=O)N[C@@H](CCCN=C(N)N)C(=O)N[C@@H](Cc1ccc(O)cc1)C(=O)O. The average molecular weight is 1170 g/mol. The number of nitrogens with one attached hydrogen (secondary N) is 9. The first-order valence-electron chi connectivity index (χ1n) is 25.0. The Balaban J connectivity index is 3.18. The van der Waals surface area contributed by atoms with Crippen LogP contribution in [0.4, 0.5) is 0 Å². The zero-order valence-electron chi connectivity index (χ0n) is 44.6. The second-order valence-corrected chi connectivity index (χ2v) is 18.1. The number of aliphatic carboxylic acids is 2. The fourth-order valence-electron chi connectivity index (χ4n) is 6.95. The van der Waals surface area contributed by atoms with Crippen molar-refractivity contribution < 1.29 is 87.9 Å². The van der Waals surface area contributed by atoms with Crippen LogP contribution in [0.5, 0.6) is 5.75 Å². The van der Waals surface area contributed by atoms with Crippen molar-refractivity contribution in [1.82, 2.24) is 47.9 Å². The predicted octanol–water partition coefficient (Wildman–Crippen LogP) is -10.5. The van der Waals surface area contributed by atoms with E-state index in [0.29, 0.717) is 5.56 Å². The number of aliphatic hydroxyl groups is 2. The summed E-state index contributed by atoms with van der Waals surface area (Å²) in [5.41, 5.74) is 38.1. The lowest BCUT2D eigenvalue weighted by atomic mass is 10.0. The third-order valence-corrected chi connectivity index (χ3v) is 11.3. The van der Waals surface area contributed by atoms with Crippen LogP contribution in [0.3, 0.4) is 0 Å². The number of phenolic OH excluding ortho intramolecular Hbond substituents is 1. The summed E-state index contributed by atoms with van der Waals surface area (Å²) in [6, 6.07) is -9.35. The Morgan fingerprint density at radius 2 is 0.915 bits per heavy atom. The second-order valence-electron chi connectivity index (χ2n) is 18.1. The average Bonchev–Trinajstić information content (AvgIpc) is 3.40. The van der Waals surface area contributed by atoms with Crippen molar-refractivity contribution in [3.8, 4) is 5.75 Å². The second kappa shape index (κ2) is 36.7. The van der Waals surface area contributed by atoms with Gasteiger partial charge < -0.3 is 114 Å². The Kier molecular flexibility index (Phi) is 31.6. The maximum Gasteiger partial charge on any atom is 0.326 e. The molecule has 28 N–H and O–H groups in total. The minimum Gasteiger partial charge on any atom is -0.508 e. The molecule has 0 aliphatic carbocycles. The van der Waals surface area contributed by atoms with Gasteiger partial charge in [0.1, 0.15) is 54.1 Å². The van der Waals surface area contributed by atoms with Crippen LogP contribution in [-0.2, 0) is 68.7 Å². The van der Waals surface area contributed by atoms with E-state index in [2.05, 4.69) is 41.9 Å². The van der Waals surface area contributed by atoms with E-state index in [1.807, 2.05) is 16.0 Å². The molecule has 0 aliphatic heterocycles. The molecule has 0 aliphatic rings. The number of nitrogens with two attached hydrogens (primary N) is 7. The van der Waals surface area contributed by atoms with E-state index in [4.69, 9.17) is 40.1 Å². The van der Waals surface area contributed by atoms with E-state index in [1.54, 1.807) is 0 Å². The number of carbonyl (C=O) groups excluding carboxylic acids is 11. The number of aromatic hydroxyl groups is 1. The Labute approximate surface area is 467 Å². The lowest BCUT2D eigenvalue weighted by Gasteiger charge is -2.26. The number of primary amides is 2. The van der Waals surface area contributed by atoms with E-state index in [0.717, 1.165) is 0 Å². The molecule has 11 amide bonds. The highest BCUT2D eigenvalue weighted by molar-refractivity contribution is 5.99. The van der Waals surface area contributed by atoms with Gasteiger partial charge in [0.25, 0.3) is 0 Å². The van der Waals surface area contributed by atoms with Gasteiger partial charge in [0.15, 0.2) is 11.9 Å². The van der Waals surface area contributed by atoms with E-state index in [9.17, 15) is 87.9 Å². The molecule has 0 spiro atoms. The van der Waals surface area contributed by atoms with Crippen molar-refractivity contribution in [2.45, 2.75) is 126 Å². The van der Waals surface area contributed by atoms with E-state index < -0.39 is 183 Å². The molecule has 0 aromatic heterocycles. The monoisotopic (exact) mass is 1170 g/mol. The number of hydrogen-bond donors (Lipinski definition) is 21. The normalized spacial score (nSPS) is 14.0. The third-order valence-electron chi connectivity index (χ3n) is 11.3. The van der Waals surface area contributed by atoms with Gasteiger partial charge in [0.2, 0.25) is 65.0 Å². The molecule has 0 bridgehead atoms. The topological polar surface area (TPSA) is 638 Å². The standard InChI is InChI=1S/C46H74N18O18/c1-21(36(73)59-25(5-3-15-55-46(52)53)40(77)62-29(44(81)82)16-22-6-8-23(67)9-7-22)57-39(76)27(11-13-33(49)69)60-41(78)26(10-12-32(48)68)58-34(70)18-56-38(75)30(19-65)64-42(79)28(17-35(71)72)61-43(80)31(20-66)63-37(74)24(47)4-2-14-54-45(50)51/h6-9,21,24-31,65-67H,2-5,10-20,47H2,1H3,(H2,48,68)(H2,49,69)(H,56,75)(H,57,76)(H,58,70)(H,59,73)(H,60,78)(H,61,80)(H,62,77)(H,63,74)(H,64,79)(H,71,72)(H,81,82)(H4,50,51,54)(H4,52,53,55)/t21-,24-,25-,26-,27-,28-,29-,30-,31-/m0/s1. The van der Waals surface area contributed by atoms with E-state index >= 15 is 0 Å². The maximum absolute atomic E-state index is 13.7. The van der Waals surface area contributed by atoms with Gasteiger partial charge in [-0.2, -0.15) is 0 Å². The van der Waals surface area contributed by atoms with Crippen LogP contribution in [0.25, 0.3) is 0 Å². The highest BCUT2D eigenvalue weighted by Crippen LogP contribution is 2.13. The lowest BCUT2D eigenvalue weighted by Crippen LogP contribution is -2.60. The number of rotatable bonds is 39. The zero-order valence-corrected chi connectivity index (χ0v) is 44.6. The summed E-state index contributed by atoms with van der Waals surface area (Å²) in [6.07, 6.45) is -3.30. The summed E-state index contributed by atoms with van der Waals surface area (Å²) in [5.74, 6) is -15.9. The molecule has 456 valence electrons. The van der Waals surface area contributed by atoms with Crippen LogP contribution in [0, 0.1) is 0 Å². The van der Waals surface area contributed by atoms with Crippen LogP contribution in [0.15, 0.2) is 34.3 Å². The minimum absolute atomic E-state index is 0.0178. The number of aliphatic imine (C=N–C) groups is 2. The molecule has 0 saturated carbocycles. The van der Waals surface area contributed by atoms with Crippen molar-refractivity contribution in [1.29, 1.82) is 0 Å². The number of amides is 11. The first kappa shape index (κ1) is 70.6. The number of hydrogen-bond acceptors (Lipinski definition) is 19. The summed E-state index contributed by atoms with van der Waals surface area (Å²) in [6.45, 7) is -1.99. The molecule has 36 nitrogen and oxygen atoms in total. The summed E-state index contributed by atoms with van der Waals surface area (Å²) in [4.78, 5) is 174. The van der Waals surface area contributed by atoms with Crippen LogP contribution >= 0.6 is 0 Å². The molecule has 1 aromatic rings. The molecule has 0 fully saturated rings. The van der Waals surface area contributed by atoms with Crippen LogP contribution < -0.4 is 88.0 Å². The van der Waals surface area contributed by atoms with Crippen molar-refractivity contribution in [3.05, 3.63) is 29.8 Å². The molecule has 1 rings (SSSR count). The number of aliphatic hydroxyl groups excluding tert-OH is 2. The van der Waals surface area contributed by atoms with Crippen molar-refractivity contribution in [2.24, 2.45) is 50.1 Å². The fourth-order valence-corrected chi connectivity index (χ4v) is 6.95. The first-order valence-corrected chi connectivity index (χ1v) is 25.0. The number of carboxylic acids is 2.